The smallest absolute Gasteiger partial charge is 0.325 e. The highest BCUT2D eigenvalue weighted by molar-refractivity contribution is 5.80. The van der Waals surface area contributed by atoms with E-state index in [1.807, 2.05) is 0 Å². The summed E-state index contributed by atoms with van der Waals surface area (Å²) in [5, 5.41) is 5.33. The lowest BCUT2D eigenvalue weighted by Gasteiger charge is -2.27. The van der Waals surface area contributed by atoms with Crippen LogP contribution in [-0.2, 0) is 9.53 Å². The second-order valence-electron chi connectivity index (χ2n) is 5.16. The van der Waals surface area contributed by atoms with Crippen LogP contribution in [0.5, 0.6) is 0 Å². The summed E-state index contributed by atoms with van der Waals surface area (Å²) in [7, 11) is 0. The molecule has 0 saturated heterocycles. The lowest BCUT2D eigenvalue weighted by molar-refractivity contribution is -0.141. The van der Waals surface area contributed by atoms with Gasteiger partial charge in [0.25, 0.3) is 0 Å². The molecule has 0 bridgehead atoms. The number of carbonyl (C=O) groups excluding carboxylic acids is 2. The molecule has 0 spiro atoms. The summed E-state index contributed by atoms with van der Waals surface area (Å²) in [5.74, 6) is 1.05. The van der Waals surface area contributed by atoms with Gasteiger partial charge in [0, 0.05) is 6.54 Å². The van der Waals surface area contributed by atoms with Crippen LogP contribution >= 0.6 is 0 Å². The van der Waals surface area contributed by atoms with Gasteiger partial charge in [-0.2, -0.15) is 0 Å². The first kappa shape index (κ1) is 15.8. The van der Waals surface area contributed by atoms with Gasteiger partial charge in [0.05, 0.1) is 6.61 Å². The van der Waals surface area contributed by atoms with Crippen molar-refractivity contribution in [1.29, 1.82) is 0 Å². The van der Waals surface area contributed by atoms with Crippen LogP contribution in [0.4, 0.5) is 4.79 Å². The molecule has 0 unspecified atom stereocenters. The molecule has 1 saturated carbocycles. The second kappa shape index (κ2) is 8.77. The summed E-state index contributed by atoms with van der Waals surface area (Å²) >= 11 is 0. The molecule has 0 aliphatic heterocycles. The second-order valence-corrected chi connectivity index (χ2v) is 5.16. The van der Waals surface area contributed by atoms with E-state index in [4.69, 9.17) is 4.74 Å². The number of hydrogen-bond donors (Lipinski definition) is 2. The molecule has 110 valence electrons. The van der Waals surface area contributed by atoms with Gasteiger partial charge in [-0.25, -0.2) is 4.79 Å². The number of ether oxygens (including phenoxy) is 1. The Bertz CT molecular complexity index is 286. The Labute approximate surface area is 115 Å². The predicted octanol–water partition coefficient (Wildman–Crippen LogP) is 2.07. The Morgan fingerprint density at radius 2 is 1.68 bits per heavy atom. The van der Waals surface area contributed by atoms with Crippen molar-refractivity contribution in [3.8, 4) is 0 Å². The predicted molar refractivity (Wildman–Crippen MR) is 73.8 cm³/mol. The molecule has 19 heavy (non-hydrogen) atoms. The quantitative estimate of drug-likeness (QED) is 0.726. The zero-order chi connectivity index (χ0) is 14.1. The maximum Gasteiger partial charge on any atom is 0.325 e. The molecule has 0 heterocycles. The zero-order valence-electron chi connectivity index (χ0n) is 12.0. The average Bonchev–Trinajstić information content (AvgIpc) is 2.44. The van der Waals surface area contributed by atoms with E-state index in [9.17, 15) is 9.59 Å². The van der Waals surface area contributed by atoms with E-state index in [1.54, 1.807) is 6.92 Å². The fourth-order valence-electron chi connectivity index (χ4n) is 2.51. The van der Waals surface area contributed by atoms with Crippen molar-refractivity contribution in [2.24, 2.45) is 11.8 Å². The summed E-state index contributed by atoms with van der Waals surface area (Å²) in [6.45, 7) is 4.95. The van der Waals surface area contributed by atoms with E-state index in [1.165, 1.54) is 32.1 Å². The van der Waals surface area contributed by atoms with Gasteiger partial charge in [0.1, 0.15) is 6.54 Å². The SMILES string of the molecule is CCOC(=O)CNC(=O)NCC1CCC(CC)CC1. The fourth-order valence-corrected chi connectivity index (χ4v) is 2.51. The minimum absolute atomic E-state index is 0.0672. The van der Waals surface area contributed by atoms with E-state index in [-0.39, 0.29) is 12.6 Å². The monoisotopic (exact) mass is 270 g/mol. The van der Waals surface area contributed by atoms with Crippen LogP contribution in [0.1, 0.15) is 46.0 Å². The first-order valence-corrected chi connectivity index (χ1v) is 7.33. The van der Waals surface area contributed by atoms with Crippen molar-refractivity contribution in [1.82, 2.24) is 10.6 Å². The lowest BCUT2D eigenvalue weighted by Crippen LogP contribution is -2.41. The van der Waals surface area contributed by atoms with Gasteiger partial charge in [0.2, 0.25) is 0 Å². The van der Waals surface area contributed by atoms with Crippen LogP contribution in [0, 0.1) is 11.8 Å². The number of esters is 1. The zero-order valence-corrected chi connectivity index (χ0v) is 12.0. The average molecular weight is 270 g/mol. The van der Waals surface area contributed by atoms with Crippen LogP contribution < -0.4 is 10.6 Å². The number of nitrogens with one attached hydrogen (secondary N) is 2. The molecule has 0 aromatic rings. The highest BCUT2D eigenvalue weighted by Crippen LogP contribution is 2.29. The number of amides is 2. The van der Waals surface area contributed by atoms with E-state index >= 15 is 0 Å². The number of carbonyl (C=O) groups is 2. The Balaban J connectivity index is 2.08. The van der Waals surface area contributed by atoms with Gasteiger partial charge in [0.15, 0.2) is 0 Å². The molecule has 1 rings (SSSR count). The Hall–Kier alpha value is -1.26. The highest BCUT2D eigenvalue weighted by atomic mass is 16.5. The third-order valence-electron chi connectivity index (χ3n) is 3.79. The van der Waals surface area contributed by atoms with Gasteiger partial charge in [-0.05, 0) is 31.6 Å². The first-order chi connectivity index (χ1) is 9.15. The minimum Gasteiger partial charge on any atom is -0.465 e. The Kier molecular flexibility index (Phi) is 7.30. The van der Waals surface area contributed by atoms with Gasteiger partial charge in [-0.3, -0.25) is 4.79 Å². The molecule has 5 heteroatoms. The Morgan fingerprint density at radius 3 is 2.26 bits per heavy atom. The van der Waals surface area contributed by atoms with Crippen molar-refractivity contribution in [2.75, 3.05) is 19.7 Å². The van der Waals surface area contributed by atoms with Crippen LogP contribution in [0.3, 0.4) is 0 Å². The third-order valence-corrected chi connectivity index (χ3v) is 3.79. The minimum atomic E-state index is -0.402. The van der Waals surface area contributed by atoms with Crippen LogP contribution in [0.2, 0.25) is 0 Å². The van der Waals surface area contributed by atoms with Crippen molar-refractivity contribution in [2.45, 2.75) is 46.0 Å². The molecular formula is C14H26N2O3. The molecule has 1 aliphatic carbocycles. The summed E-state index contributed by atoms with van der Waals surface area (Å²) < 4.78 is 4.73. The number of rotatable bonds is 6. The molecule has 0 radical (unpaired) electrons. The summed E-state index contributed by atoms with van der Waals surface area (Å²) in [4.78, 5) is 22.5. The molecular weight excluding hydrogens is 244 g/mol. The van der Waals surface area contributed by atoms with E-state index < -0.39 is 5.97 Å². The van der Waals surface area contributed by atoms with E-state index in [0.717, 1.165) is 5.92 Å². The summed E-state index contributed by atoms with van der Waals surface area (Å²) in [6, 6.07) is -0.286. The van der Waals surface area contributed by atoms with Crippen molar-refractivity contribution < 1.29 is 14.3 Å². The largest absolute Gasteiger partial charge is 0.465 e. The normalized spacial score (nSPS) is 22.6. The highest BCUT2D eigenvalue weighted by Gasteiger charge is 2.20. The van der Waals surface area contributed by atoms with Crippen LogP contribution in [-0.4, -0.2) is 31.7 Å². The van der Waals surface area contributed by atoms with Crippen LogP contribution in [0.15, 0.2) is 0 Å². The first-order valence-electron chi connectivity index (χ1n) is 7.33. The maximum atomic E-state index is 11.5. The topological polar surface area (TPSA) is 67.4 Å². The molecule has 1 aliphatic rings. The molecule has 0 atom stereocenters. The lowest BCUT2D eigenvalue weighted by atomic mass is 9.81. The van der Waals surface area contributed by atoms with Gasteiger partial charge < -0.3 is 15.4 Å². The summed E-state index contributed by atoms with van der Waals surface area (Å²) in [6.07, 6.45) is 6.19. The molecule has 0 aromatic carbocycles. The van der Waals surface area contributed by atoms with E-state index in [2.05, 4.69) is 17.6 Å². The van der Waals surface area contributed by atoms with Crippen molar-refractivity contribution in [3.05, 3.63) is 0 Å². The molecule has 0 aromatic heterocycles. The molecule has 5 nitrogen and oxygen atoms in total. The maximum absolute atomic E-state index is 11.5. The third kappa shape index (κ3) is 6.45. The summed E-state index contributed by atoms with van der Waals surface area (Å²) in [5.41, 5.74) is 0. The van der Waals surface area contributed by atoms with Gasteiger partial charge in [-0.1, -0.05) is 26.2 Å². The number of hydrogen-bond acceptors (Lipinski definition) is 3. The van der Waals surface area contributed by atoms with Gasteiger partial charge in [-0.15, -0.1) is 0 Å². The molecule has 2 N–H and O–H groups in total. The Morgan fingerprint density at radius 1 is 1.05 bits per heavy atom. The van der Waals surface area contributed by atoms with Crippen molar-refractivity contribution >= 4 is 12.0 Å². The van der Waals surface area contributed by atoms with E-state index in [0.29, 0.717) is 19.1 Å². The molecule has 1 fully saturated rings. The van der Waals surface area contributed by atoms with Crippen LogP contribution in [0.25, 0.3) is 0 Å². The van der Waals surface area contributed by atoms with Crippen molar-refractivity contribution in [3.63, 3.8) is 0 Å². The molecule has 2 amide bonds. The standard InChI is InChI=1S/C14H26N2O3/c1-3-11-5-7-12(8-6-11)9-15-14(18)16-10-13(17)19-4-2/h11-12H,3-10H2,1-2H3,(H2,15,16,18). The number of urea groups is 1. The van der Waals surface area contributed by atoms with Gasteiger partial charge >= 0.3 is 12.0 Å². The fraction of sp³-hybridized carbons (Fsp3) is 0.857.